The van der Waals surface area contributed by atoms with Crippen LogP contribution in [-0.2, 0) is 0 Å². The molecule has 0 saturated carbocycles. The number of nitrogens with one attached hydrogen (secondary N) is 1. The van der Waals surface area contributed by atoms with Crippen LogP contribution in [0.3, 0.4) is 0 Å². The summed E-state index contributed by atoms with van der Waals surface area (Å²) in [7, 11) is 0. The molecule has 7 heteroatoms. The van der Waals surface area contributed by atoms with Crippen LogP contribution in [0.5, 0.6) is 0 Å². The minimum absolute atomic E-state index is 0.0610. The molecule has 6 nitrogen and oxygen atoms in total. The first-order valence-electron chi connectivity index (χ1n) is 5.42. The van der Waals surface area contributed by atoms with E-state index >= 15 is 0 Å². The van der Waals surface area contributed by atoms with E-state index in [4.69, 9.17) is 10.9 Å². The van der Waals surface area contributed by atoms with Crippen molar-refractivity contribution in [1.82, 2.24) is 9.97 Å². The summed E-state index contributed by atoms with van der Waals surface area (Å²) in [5, 5.41) is 12.1. The Labute approximate surface area is 113 Å². The highest BCUT2D eigenvalue weighted by molar-refractivity contribution is 7.99. The van der Waals surface area contributed by atoms with Gasteiger partial charge in [0.05, 0.1) is 0 Å². The molecule has 0 unspecified atom stereocenters. The SMILES string of the molecule is Cc1cc(/C(N)=N/O)ccc1Sc1nccc(=O)[nH]1. The molecule has 0 spiro atoms. The number of hydrogen-bond acceptors (Lipinski definition) is 5. The molecule has 0 fully saturated rings. The molecule has 0 saturated heterocycles. The number of nitrogens with two attached hydrogens (primary N) is 1. The number of H-pyrrole nitrogens is 1. The Kier molecular flexibility index (Phi) is 3.86. The molecule has 0 bridgehead atoms. The topological polar surface area (TPSA) is 104 Å². The van der Waals surface area contributed by atoms with Crippen molar-refractivity contribution in [2.24, 2.45) is 10.9 Å². The van der Waals surface area contributed by atoms with Gasteiger partial charge in [-0.2, -0.15) is 0 Å². The van der Waals surface area contributed by atoms with E-state index in [0.29, 0.717) is 10.7 Å². The third-order valence-electron chi connectivity index (χ3n) is 2.43. The summed E-state index contributed by atoms with van der Waals surface area (Å²) in [6.07, 6.45) is 1.46. The summed E-state index contributed by atoms with van der Waals surface area (Å²) in [5.74, 6) is 0.0610. The Morgan fingerprint density at radius 2 is 2.26 bits per heavy atom. The molecule has 1 aromatic heterocycles. The molecule has 98 valence electrons. The van der Waals surface area contributed by atoms with Crippen LogP contribution in [0.25, 0.3) is 0 Å². The number of oxime groups is 1. The summed E-state index contributed by atoms with van der Waals surface area (Å²) >= 11 is 1.35. The van der Waals surface area contributed by atoms with E-state index in [0.717, 1.165) is 10.5 Å². The third kappa shape index (κ3) is 3.14. The zero-order chi connectivity index (χ0) is 13.8. The van der Waals surface area contributed by atoms with E-state index in [1.54, 1.807) is 12.1 Å². The Balaban J connectivity index is 2.29. The van der Waals surface area contributed by atoms with Crippen LogP contribution in [0.15, 0.2) is 50.5 Å². The predicted molar refractivity (Wildman–Crippen MR) is 72.7 cm³/mol. The molecule has 0 amide bonds. The van der Waals surface area contributed by atoms with Gasteiger partial charge in [0.25, 0.3) is 5.56 Å². The van der Waals surface area contributed by atoms with Gasteiger partial charge in [0.2, 0.25) is 0 Å². The van der Waals surface area contributed by atoms with Gasteiger partial charge in [0.1, 0.15) is 0 Å². The van der Waals surface area contributed by atoms with Gasteiger partial charge in [0, 0.05) is 22.7 Å². The van der Waals surface area contributed by atoms with Crippen LogP contribution in [0, 0.1) is 6.92 Å². The van der Waals surface area contributed by atoms with E-state index in [2.05, 4.69) is 15.1 Å². The summed E-state index contributed by atoms with van der Waals surface area (Å²) < 4.78 is 0. The Morgan fingerprint density at radius 3 is 2.89 bits per heavy atom. The zero-order valence-electron chi connectivity index (χ0n) is 10.1. The monoisotopic (exact) mass is 276 g/mol. The summed E-state index contributed by atoms with van der Waals surface area (Å²) in [6, 6.07) is 6.74. The highest BCUT2D eigenvalue weighted by Gasteiger charge is 2.06. The van der Waals surface area contributed by atoms with Crippen LogP contribution in [-0.4, -0.2) is 21.0 Å². The van der Waals surface area contributed by atoms with Crippen LogP contribution >= 0.6 is 11.8 Å². The molecule has 19 heavy (non-hydrogen) atoms. The smallest absolute Gasteiger partial charge is 0.251 e. The Morgan fingerprint density at radius 1 is 1.47 bits per heavy atom. The summed E-state index contributed by atoms with van der Waals surface area (Å²) in [4.78, 5) is 18.8. The number of amidine groups is 1. The fourth-order valence-corrected chi connectivity index (χ4v) is 2.32. The van der Waals surface area contributed by atoms with Gasteiger partial charge >= 0.3 is 0 Å². The van der Waals surface area contributed by atoms with Gasteiger partial charge in [-0.25, -0.2) is 4.98 Å². The quantitative estimate of drug-likeness (QED) is 0.258. The van der Waals surface area contributed by atoms with Crippen molar-refractivity contribution in [2.75, 3.05) is 0 Å². The van der Waals surface area contributed by atoms with Crippen molar-refractivity contribution in [1.29, 1.82) is 0 Å². The van der Waals surface area contributed by atoms with E-state index in [1.807, 2.05) is 13.0 Å². The van der Waals surface area contributed by atoms with E-state index in [-0.39, 0.29) is 11.4 Å². The lowest BCUT2D eigenvalue weighted by Gasteiger charge is -2.06. The van der Waals surface area contributed by atoms with Crippen molar-refractivity contribution in [3.05, 3.63) is 51.9 Å². The fourth-order valence-electron chi connectivity index (χ4n) is 1.49. The molecule has 1 aromatic carbocycles. The highest BCUT2D eigenvalue weighted by Crippen LogP contribution is 2.27. The van der Waals surface area contributed by atoms with E-state index in [9.17, 15) is 4.79 Å². The van der Waals surface area contributed by atoms with Gasteiger partial charge < -0.3 is 15.9 Å². The van der Waals surface area contributed by atoms with Crippen LogP contribution < -0.4 is 11.3 Å². The number of hydrogen-bond donors (Lipinski definition) is 3. The van der Waals surface area contributed by atoms with Gasteiger partial charge in [0.15, 0.2) is 11.0 Å². The number of aromatic amines is 1. The first kappa shape index (κ1) is 13.2. The molecule has 0 radical (unpaired) electrons. The second kappa shape index (κ2) is 5.57. The number of benzene rings is 1. The summed E-state index contributed by atoms with van der Waals surface area (Å²) in [5.41, 5.74) is 6.91. The minimum Gasteiger partial charge on any atom is -0.409 e. The highest BCUT2D eigenvalue weighted by atomic mass is 32.2. The van der Waals surface area contributed by atoms with Gasteiger partial charge in [-0.05, 0) is 24.6 Å². The first-order valence-corrected chi connectivity index (χ1v) is 6.23. The lowest BCUT2D eigenvalue weighted by Crippen LogP contribution is -2.13. The summed E-state index contributed by atoms with van der Waals surface area (Å²) in [6.45, 7) is 1.90. The molecule has 0 atom stereocenters. The second-order valence-electron chi connectivity index (χ2n) is 3.81. The van der Waals surface area contributed by atoms with Crippen LogP contribution in [0.2, 0.25) is 0 Å². The maximum atomic E-state index is 11.2. The maximum absolute atomic E-state index is 11.2. The average molecular weight is 276 g/mol. The van der Waals surface area contributed by atoms with Gasteiger partial charge in [-0.15, -0.1) is 0 Å². The Hall–Kier alpha value is -2.28. The molecule has 2 rings (SSSR count). The van der Waals surface area contributed by atoms with Crippen molar-refractivity contribution in [3.8, 4) is 0 Å². The number of nitrogens with zero attached hydrogens (tertiary/aromatic N) is 2. The number of aryl methyl sites for hydroxylation is 1. The van der Waals surface area contributed by atoms with Crippen molar-refractivity contribution in [2.45, 2.75) is 17.0 Å². The lowest BCUT2D eigenvalue weighted by molar-refractivity contribution is 0.318. The molecule has 1 heterocycles. The van der Waals surface area contributed by atoms with Crippen LogP contribution in [0.4, 0.5) is 0 Å². The number of aromatic nitrogens is 2. The lowest BCUT2D eigenvalue weighted by atomic mass is 10.1. The molecule has 0 aliphatic rings. The fraction of sp³-hybridized carbons (Fsp3) is 0.0833. The zero-order valence-corrected chi connectivity index (χ0v) is 10.9. The molecular weight excluding hydrogens is 264 g/mol. The minimum atomic E-state index is -0.191. The largest absolute Gasteiger partial charge is 0.409 e. The maximum Gasteiger partial charge on any atom is 0.251 e. The molecule has 0 aliphatic heterocycles. The Bertz CT molecular complexity index is 681. The average Bonchev–Trinajstić information content (AvgIpc) is 2.40. The van der Waals surface area contributed by atoms with Gasteiger partial charge in [-0.3, -0.25) is 4.79 Å². The van der Waals surface area contributed by atoms with Crippen molar-refractivity contribution < 1.29 is 5.21 Å². The molecule has 4 N–H and O–H groups in total. The molecular formula is C12H12N4O2S. The molecule has 0 aliphatic carbocycles. The third-order valence-corrected chi connectivity index (χ3v) is 3.51. The van der Waals surface area contributed by atoms with Gasteiger partial charge in [-0.1, -0.05) is 23.0 Å². The standard InChI is InChI=1S/C12H12N4O2S/c1-7-6-8(11(13)16-18)2-3-9(7)19-12-14-5-4-10(17)15-12/h2-6,18H,1H3,(H2,13,16)(H,14,15,17). The van der Waals surface area contributed by atoms with Crippen molar-refractivity contribution in [3.63, 3.8) is 0 Å². The molecule has 2 aromatic rings. The second-order valence-corrected chi connectivity index (χ2v) is 4.84. The van der Waals surface area contributed by atoms with Crippen LogP contribution in [0.1, 0.15) is 11.1 Å². The normalized spacial score (nSPS) is 11.5. The predicted octanol–water partition coefficient (Wildman–Crippen LogP) is 1.32. The van der Waals surface area contributed by atoms with Crippen molar-refractivity contribution >= 4 is 17.6 Å². The number of rotatable bonds is 3. The first-order chi connectivity index (χ1) is 9.10. The van der Waals surface area contributed by atoms with E-state index < -0.39 is 0 Å². The van der Waals surface area contributed by atoms with E-state index in [1.165, 1.54) is 24.0 Å².